The van der Waals surface area contributed by atoms with E-state index in [2.05, 4.69) is 10.2 Å². The first-order valence-corrected chi connectivity index (χ1v) is 6.91. The summed E-state index contributed by atoms with van der Waals surface area (Å²) in [4.78, 5) is 13.9. The van der Waals surface area contributed by atoms with Crippen molar-refractivity contribution in [3.05, 3.63) is 17.7 Å². The Morgan fingerprint density at radius 2 is 1.81 bits per heavy atom. The molecule has 0 spiro atoms. The molecular formula is C15H22N2O4. The number of nitrogens with zero attached hydrogens (tertiary/aromatic N) is 1. The fourth-order valence-corrected chi connectivity index (χ4v) is 2.48. The lowest BCUT2D eigenvalue weighted by atomic mass is 10.1. The molecule has 0 saturated carbocycles. The van der Waals surface area contributed by atoms with Crippen molar-refractivity contribution >= 4 is 5.91 Å². The summed E-state index contributed by atoms with van der Waals surface area (Å²) in [5.74, 6) is 2.12. The molecule has 2 rings (SSSR count). The summed E-state index contributed by atoms with van der Waals surface area (Å²) in [6.07, 6.45) is 0. The van der Waals surface area contributed by atoms with E-state index in [9.17, 15) is 4.79 Å². The molecule has 1 fully saturated rings. The molecule has 116 valence electrons. The number of rotatable bonds is 5. The van der Waals surface area contributed by atoms with Crippen LogP contribution in [0.5, 0.6) is 17.2 Å². The average molecular weight is 294 g/mol. The van der Waals surface area contributed by atoms with Gasteiger partial charge in [-0.2, -0.15) is 0 Å². The van der Waals surface area contributed by atoms with Crippen molar-refractivity contribution in [2.75, 3.05) is 34.4 Å². The summed E-state index contributed by atoms with van der Waals surface area (Å²) < 4.78 is 16.1. The van der Waals surface area contributed by atoms with E-state index >= 15 is 0 Å². The van der Waals surface area contributed by atoms with E-state index < -0.39 is 0 Å². The number of amides is 1. The van der Waals surface area contributed by atoms with Crippen LogP contribution in [0.25, 0.3) is 0 Å². The van der Waals surface area contributed by atoms with Gasteiger partial charge in [-0.25, -0.2) is 0 Å². The number of methoxy groups -OCH3 is 3. The van der Waals surface area contributed by atoms with Gasteiger partial charge in [0.15, 0.2) is 0 Å². The van der Waals surface area contributed by atoms with Crippen molar-refractivity contribution < 1.29 is 19.0 Å². The first-order valence-electron chi connectivity index (χ1n) is 6.91. The molecule has 0 aromatic heterocycles. The maximum Gasteiger partial charge on any atom is 0.237 e. The molecule has 1 heterocycles. The normalized spacial score (nSPS) is 19.0. The van der Waals surface area contributed by atoms with E-state index in [0.717, 1.165) is 12.1 Å². The Kier molecular flexibility index (Phi) is 4.90. The van der Waals surface area contributed by atoms with Crippen LogP contribution in [0.1, 0.15) is 12.5 Å². The number of piperazine rings is 1. The summed E-state index contributed by atoms with van der Waals surface area (Å²) >= 11 is 0. The lowest BCUT2D eigenvalue weighted by molar-refractivity contribution is -0.128. The molecule has 1 unspecified atom stereocenters. The largest absolute Gasteiger partial charge is 0.496 e. The van der Waals surface area contributed by atoms with Crippen LogP contribution in [0.2, 0.25) is 0 Å². The molecule has 1 aliphatic heterocycles. The van der Waals surface area contributed by atoms with Crippen molar-refractivity contribution in [3.8, 4) is 17.2 Å². The zero-order chi connectivity index (χ0) is 15.4. The quantitative estimate of drug-likeness (QED) is 0.879. The van der Waals surface area contributed by atoms with E-state index in [1.807, 2.05) is 19.1 Å². The fourth-order valence-electron chi connectivity index (χ4n) is 2.48. The Morgan fingerprint density at radius 1 is 1.19 bits per heavy atom. The molecule has 1 aromatic carbocycles. The third kappa shape index (κ3) is 3.21. The first-order chi connectivity index (χ1) is 10.1. The minimum atomic E-state index is -0.171. The van der Waals surface area contributed by atoms with E-state index in [0.29, 0.717) is 30.3 Å². The highest BCUT2D eigenvalue weighted by molar-refractivity contribution is 5.82. The third-order valence-electron chi connectivity index (χ3n) is 3.80. The van der Waals surface area contributed by atoms with Gasteiger partial charge in [-0.15, -0.1) is 0 Å². The van der Waals surface area contributed by atoms with E-state index in [1.54, 1.807) is 21.3 Å². The molecule has 0 radical (unpaired) electrons. The molecule has 0 aliphatic carbocycles. The molecule has 1 aliphatic rings. The van der Waals surface area contributed by atoms with Gasteiger partial charge in [0.25, 0.3) is 0 Å². The van der Waals surface area contributed by atoms with Crippen LogP contribution in [0.4, 0.5) is 0 Å². The van der Waals surface area contributed by atoms with E-state index in [1.165, 1.54) is 0 Å². The third-order valence-corrected chi connectivity index (χ3v) is 3.80. The van der Waals surface area contributed by atoms with Gasteiger partial charge < -0.3 is 19.5 Å². The lowest BCUT2D eigenvalue weighted by Gasteiger charge is -2.33. The number of carbonyl (C=O) groups excluding carboxylic acids is 1. The van der Waals surface area contributed by atoms with Crippen LogP contribution >= 0.6 is 0 Å². The van der Waals surface area contributed by atoms with E-state index in [4.69, 9.17) is 14.2 Å². The minimum absolute atomic E-state index is 0.0488. The predicted molar refractivity (Wildman–Crippen MR) is 79.0 cm³/mol. The number of nitrogens with one attached hydrogen (secondary N) is 1. The van der Waals surface area contributed by atoms with Gasteiger partial charge in [-0.05, 0) is 6.92 Å². The van der Waals surface area contributed by atoms with Crippen molar-refractivity contribution in [2.45, 2.75) is 19.5 Å². The molecule has 6 nitrogen and oxygen atoms in total. The summed E-state index contributed by atoms with van der Waals surface area (Å²) in [5, 5.41) is 2.86. The van der Waals surface area contributed by atoms with Gasteiger partial charge in [0.1, 0.15) is 17.2 Å². The van der Waals surface area contributed by atoms with Gasteiger partial charge in [-0.3, -0.25) is 9.69 Å². The Hall–Kier alpha value is -1.95. The number of hydrogen-bond acceptors (Lipinski definition) is 5. The van der Waals surface area contributed by atoms with Crippen LogP contribution in [0.15, 0.2) is 12.1 Å². The van der Waals surface area contributed by atoms with Gasteiger partial charge in [0, 0.05) is 31.8 Å². The molecule has 1 atom stereocenters. The maximum atomic E-state index is 11.8. The van der Waals surface area contributed by atoms with Crippen LogP contribution in [0.3, 0.4) is 0 Å². The molecular weight excluding hydrogens is 272 g/mol. The van der Waals surface area contributed by atoms with Gasteiger partial charge in [-0.1, -0.05) is 0 Å². The van der Waals surface area contributed by atoms with Crippen LogP contribution in [-0.2, 0) is 11.3 Å². The second-order valence-corrected chi connectivity index (χ2v) is 4.95. The second-order valence-electron chi connectivity index (χ2n) is 4.95. The monoisotopic (exact) mass is 294 g/mol. The standard InChI is InChI=1S/C15H22N2O4/c1-10-15(18)16-5-6-17(10)9-12-13(20-3)7-11(19-2)8-14(12)21-4/h7-8,10H,5-6,9H2,1-4H3,(H,16,18). The van der Waals surface area contributed by atoms with Crippen molar-refractivity contribution in [3.63, 3.8) is 0 Å². The van der Waals surface area contributed by atoms with Crippen LogP contribution in [-0.4, -0.2) is 51.3 Å². The van der Waals surface area contributed by atoms with Gasteiger partial charge in [0.05, 0.1) is 32.9 Å². The summed E-state index contributed by atoms with van der Waals surface area (Å²) in [5.41, 5.74) is 0.919. The zero-order valence-corrected chi connectivity index (χ0v) is 12.9. The molecule has 0 bridgehead atoms. The van der Waals surface area contributed by atoms with Crippen LogP contribution < -0.4 is 19.5 Å². The highest BCUT2D eigenvalue weighted by Gasteiger charge is 2.27. The number of benzene rings is 1. The maximum absolute atomic E-state index is 11.8. The summed E-state index contributed by atoms with van der Waals surface area (Å²) in [6, 6.07) is 3.48. The zero-order valence-electron chi connectivity index (χ0n) is 12.9. The Balaban J connectivity index is 2.31. The van der Waals surface area contributed by atoms with Gasteiger partial charge >= 0.3 is 0 Å². The summed E-state index contributed by atoms with van der Waals surface area (Å²) in [7, 11) is 4.83. The molecule has 1 N–H and O–H groups in total. The molecule has 1 saturated heterocycles. The van der Waals surface area contributed by atoms with E-state index in [-0.39, 0.29) is 11.9 Å². The SMILES string of the molecule is COc1cc(OC)c(CN2CCNC(=O)C2C)c(OC)c1. The molecule has 6 heteroatoms. The average Bonchev–Trinajstić information content (AvgIpc) is 2.51. The van der Waals surface area contributed by atoms with Gasteiger partial charge in [0.2, 0.25) is 5.91 Å². The van der Waals surface area contributed by atoms with Crippen molar-refractivity contribution in [1.82, 2.24) is 10.2 Å². The highest BCUT2D eigenvalue weighted by atomic mass is 16.5. The number of hydrogen-bond donors (Lipinski definition) is 1. The molecule has 1 aromatic rings. The number of carbonyl (C=O) groups is 1. The smallest absolute Gasteiger partial charge is 0.237 e. The first kappa shape index (κ1) is 15.4. The highest BCUT2D eigenvalue weighted by Crippen LogP contribution is 2.35. The topological polar surface area (TPSA) is 60.0 Å². The fraction of sp³-hybridized carbons (Fsp3) is 0.533. The molecule has 1 amide bonds. The number of ether oxygens (including phenoxy) is 3. The minimum Gasteiger partial charge on any atom is -0.496 e. The lowest BCUT2D eigenvalue weighted by Crippen LogP contribution is -2.53. The summed E-state index contributed by atoms with van der Waals surface area (Å²) in [6.45, 7) is 3.94. The van der Waals surface area contributed by atoms with Crippen molar-refractivity contribution in [2.24, 2.45) is 0 Å². The van der Waals surface area contributed by atoms with Crippen molar-refractivity contribution in [1.29, 1.82) is 0 Å². The Bertz CT molecular complexity index is 493. The Labute approximate surface area is 125 Å². The van der Waals surface area contributed by atoms with Crippen LogP contribution in [0, 0.1) is 0 Å². The Morgan fingerprint density at radius 3 is 2.33 bits per heavy atom. The predicted octanol–water partition coefficient (Wildman–Crippen LogP) is 1.03. The second kappa shape index (κ2) is 6.67. The molecule has 21 heavy (non-hydrogen) atoms.